The molecule has 1 aromatic rings. The van der Waals surface area contributed by atoms with Crippen LogP contribution in [0.25, 0.3) is 0 Å². The van der Waals surface area contributed by atoms with Gasteiger partial charge in [0.15, 0.2) is 0 Å². The molecule has 0 amide bonds. The van der Waals surface area contributed by atoms with Gasteiger partial charge in [-0.25, -0.2) is 4.39 Å². The number of halogens is 2. The molecule has 1 aliphatic heterocycles. The van der Waals surface area contributed by atoms with Crippen molar-refractivity contribution in [3.8, 4) is 0 Å². The Hall–Kier alpha value is -0.980. The third-order valence-electron chi connectivity index (χ3n) is 3.21. The van der Waals surface area contributed by atoms with Crippen LogP contribution < -0.4 is 0 Å². The molecule has 1 aliphatic rings. The summed E-state index contributed by atoms with van der Waals surface area (Å²) in [5.74, 6) is -1.04. The van der Waals surface area contributed by atoms with Gasteiger partial charge in [-0.15, -0.1) is 0 Å². The molecular formula is C13H16BrFN2O2. The lowest BCUT2D eigenvalue weighted by Gasteiger charge is -2.33. The van der Waals surface area contributed by atoms with Crippen LogP contribution in [0.4, 0.5) is 4.39 Å². The van der Waals surface area contributed by atoms with Crippen LogP contribution in [0.2, 0.25) is 0 Å². The first-order valence-corrected chi connectivity index (χ1v) is 6.94. The van der Waals surface area contributed by atoms with Crippen LogP contribution in [-0.2, 0) is 11.3 Å². The number of carboxylic acids is 1. The largest absolute Gasteiger partial charge is 0.480 e. The highest BCUT2D eigenvalue weighted by atomic mass is 79.9. The maximum absolute atomic E-state index is 13.4. The van der Waals surface area contributed by atoms with Crippen molar-refractivity contribution in [2.24, 2.45) is 0 Å². The Morgan fingerprint density at radius 3 is 2.47 bits per heavy atom. The van der Waals surface area contributed by atoms with E-state index in [0.29, 0.717) is 11.0 Å². The molecule has 4 nitrogen and oxygen atoms in total. The minimum Gasteiger partial charge on any atom is -0.480 e. The fourth-order valence-corrected chi connectivity index (χ4v) is 2.44. The Bertz CT molecular complexity index is 462. The normalized spacial score (nSPS) is 17.6. The van der Waals surface area contributed by atoms with Crippen LogP contribution in [-0.4, -0.2) is 53.6 Å². The molecule has 0 aliphatic carbocycles. The van der Waals surface area contributed by atoms with Crippen LogP contribution in [0.15, 0.2) is 22.7 Å². The second-order valence-electron chi connectivity index (χ2n) is 4.69. The first-order valence-electron chi connectivity index (χ1n) is 6.15. The zero-order valence-corrected chi connectivity index (χ0v) is 12.1. The fourth-order valence-electron chi connectivity index (χ4n) is 2.19. The van der Waals surface area contributed by atoms with E-state index in [-0.39, 0.29) is 12.4 Å². The molecular weight excluding hydrogens is 315 g/mol. The van der Waals surface area contributed by atoms with Gasteiger partial charge in [0, 0.05) is 32.7 Å². The third kappa shape index (κ3) is 4.26. The first-order chi connectivity index (χ1) is 9.04. The second kappa shape index (κ2) is 6.45. The van der Waals surface area contributed by atoms with Crippen molar-refractivity contribution in [3.05, 3.63) is 34.1 Å². The van der Waals surface area contributed by atoms with E-state index in [4.69, 9.17) is 5.11 Å². The minimum absolute atomic E-state index is 0.0980. The smallest absolute Gasteiger partial charge is 0.317 e. The van der Waals surface area contributed by atoms with Crippen LogP contribution in [0.5, 0.6) is 0 Å². The molecule has 0 atom stereocenters. The Morgan fingerprint density at radius 2 is 1.89 bits per heavy atom. The molecule has 1 fully saturated rings. The number of rotatable bonds is 4. The Morgan fingerprint density at radius 1 is 1.26 bits per heavy atom. The van der Waals surface area contributed by atoms with E-state index in [1.165, 1.54) is 6.07 Å². The van der Waals surface area contributed by atoms with E-state index in [2.05, 4.69) is 20.8 Å². The van der Waals surface area contributed by atoms with Gasteiger partial charge in [0.2, 0.25) is 0 Å². The lowest BCUT2D eigenvalue weighted by Crippen LogP contribution is -2.47. The number of hydrogen-bond acceptors (Lipinski definition) is 3. The van der Waals surface area contributed by atoms with E-state index in [1.54, 1.807) is 6.07 Å². The van der Waals surface area contributed by atoms with Gasteiger partial charge in [0.25, 0.3) is 0 Å². The highest BCUT2D eigenvalue weighted by molar-refractivity contribution is 9.10. The van der Waals surface area contributed by atoms with Crippen molar-refractivity contribution in [2.75, 3.05) is 32.7 Å². The molecule has 0 saturated carbocycles. The number of carbonyl (C=O) groups is 1. The second-order valence-corrected chi connectivity index (χ2v) is 5.55. The van der Waals surface area contributed by atoms with E-state index >= 15 is 0 Å². The van der Waals surface area contributed by atoms with Crippen molar-refractivity contribution >= 4 is 21.9 Å². The molecule has 0 spiro atoms. The van der Waals surface area contributed by atoms with Gasteiger partial charge in [-0.2, -0.15) is 0 Å². The van der Waals surface area contributed by atoms with Crippen LogP contribution >= 0.6 is 15.9 Å². The predicted octanol–water partition coefficient (Wildman–Crippen LogP) is 1.79. The summed E-state index contributed by atoms with van der Waals surface area (Å²) in [6.45, 7) is 3.90. The Kier molecular flexibility index (Phi) is 4.90. The lowest BCUT2D eigenvalue weighted by molar-refractivity contribution is -0.138. The summed E-state index contributed by atoms with van der Waals surface area (Å²) in [5, 5.41) is 8.72. The van der Waals surface area contributed by atoms with E-state index in [9.17, 15) is 9.18 Å². The quantitative estimate of drug-likeness (QED) is 0.914. The predicted molar refractivity (Wildman–Crippen MR) is 73.5 cm³/mol. The molecule has 1 saturated heterocycles. The average molecular weight is 331 g/mol. The number of benzene rings is 1. The summed E-state index contributed by atoms with van der Waals surface area (Å²) < 4.78 is 13.9. The van der Waals surface area contributed by atoms with Gasteiger partial charge in [-0.05, 0) is 33.6 Å². The molecule has 1 N–H and O–H groups in total. The maximum atomic E-state index is 13.4. The number of nitrogens with zero attached hydrogens (tertiary/aromatic N) is 2. The zero-order chi connectivity index (χ0) is 13.8. The number of aliphatic carboxylic acids is 1. The van der Waals surface area contributed by atoms with Gasteiger partial charge in [-0.1, -0.05) is 6.07 Å². The van der Waals surface area contributed by atoms with Gasteiger partial charge < -0.3 is 5.11 Å². The van der Waals surface area contributed by atoms with Crippen LogP contribution in [0.1, 0.15) is 5.56 Å². The zero-order valence-electron chi connectivity index (χ0n) is 10.5. The van der Waals surface area contributed by atoms with Gasteiger partial charge >= 0.3 is 5.97 Å². The molecule has 1 heterocycles. The molecule has 0 aromatic heterocycles. The Labute approximate surface area is 119 Å². The summed E-state index contributed by atoms with van der Waals surface area (Å²) in [6.07, 6.45) is 0. The Balaban J connectivity index is 1.85. The first kappa shape index (κ1) is 14.4. The number of hydrogen-bond donors (Lipinski definition) is 1. The molecule has 6 heteroatoms. The molecule has 0 radical (unpaired) electrons. The monoisotopic (exact) mass is 330 g/mol. The summed E-state index contributed by atoms with van der Waals surface area (Å²) >= 11 is 3.13. The van der Waals surface area contributed by atoms with E-state index < -0.39 is 5.97 Å². The SMILES string of the molecule is O=C(O)CN1CCN(Cc2ccc(Br)c(F)c2)CC1. The molecule has 2 rings (SSSR count). The van der Waals surface area contributed by atoms with Gasteiger partial charge in [0.1, 0.15) is 5.82 Å². The van der Waals surface area contributed by atoms with Gasteiger partial charge in [-0.3, -0.25) is 14.6 Å². The minimum atomic E-state index is -0.788. The molecule has 0 bridgehead atoms. The highest BCUT2D eigenvalue weighted by Crippen LogP contribution is 2.17. The van der Waals surface area contributed by atoms with Crippen molar-refractivity contribution in [3.63, 3.8) is 0 Å². The third-order valence-corrected chi connectivity index (χ3v) is 3.86. The standard InChI is InChI=1S/C13H16BrFN2O2/c14-11-2-1-10(7-12(11)15)8-16-3-5-17(6-4-16)9-13(18)19/h1-2,7H,3-6,8-9H2,(H,18,19). The number of carboxylic acid groups (broad SMARTS) is 1. The van der Waals surface area contributed by atoms with Crippen LogP contribution in [0.3, 0.4) is 0 Å². The van der Waals surface area contributed by atoms with Crippen molar-refractivity contribution < 1.29 is 14.3 Å². The molecule has 104 valence electrons. The number of piperazine rings is 1. The van der Waals surface area contributed by atoms with Crippen molar-refractivity contribution in [1.29, 1.82) is 0 Å². The fraction of sp³-hybridized carbons (Fsp3) is 0.462. The summed E-state index contributed by atoms with van der Waals surface area (Å²) in [7, 11) is 0. The van der Waals surface area contributed by atoms with Gasteiger partial charge in [0.05, 0.1) is 11.0 Å². The maximum Gasteiger partial charge on any atom is 0.317 e. The topological polar surface area (TPSA) is 43.8 Å². The average Bonchev–Trinajstić information content (AvgIpc) is 2.36. The summed E-state index contributed by atoms with van der Waals surface area (Å²) in [5.41, 5.74) is 0.937. The highest BCUT2D eigenvalue weighted by Gasteiger charge is 2.18. The van der Waals surface area contributed by atoms with E-state index in [1.807, 2.05) is 11.0 Å². The summed E-state index contributed by atoms with van der Waals surface area (Å²) in [6, 6.07) is 5.15. The lowest BCUT2D eigenvalue weighted by atomic mass is 10.2. The van der Waals surface area contributed by atoms with E-state index in [0.717, 1.165) is 31.7 Å². The molecule has 1 aromatic carbocycles. The van der Waals surface area contributed by atoms with Crippen molar-refractivity contribution in [1.82, 2.24) is 9.80 Å². The molecule has 0 unspecified atom stereocenters. The van der Waals surface area contributed by atoms with Crippen LogP contribution in [0, 0.1) is 5.82 Å². The summed E-state index contributed by atoms with van der Waals surface area (Å²) in [4.78, 5) is 14.7. The molecule has 19 heavy (non-hydrogen) atoms. The van der Waals surface area contributed by atoms with Crippen molar-refractivity contribution in [2.45, 2.75) is 6.54 Å².